The standard InChI is InChI=1S/C28H20BrNO3S/c29-24-13-7-5-11-21(24)17-30-27(31)26(34-28(30)32)16-23-22-12-6-4-10-20(22)14-15-25(23)33-18-19-8-2-1-3-9-19/h1-16H,17-18H2/b26-16-. The molecule has 6 heteroatoms. The first-order valence-corrected chi connectivity index (χ1v) is 12.4. The van der Waals surface area contributed by atoms with Crippen molar-refractivity contribution in [2.45, 2.75) is 13.2 Å². The number of amides is 2. The van der Waals surface area contributed by atoms with Crippen molar-refractivity contribution in [3.8, 4) is 5.75 Å². The largest absolute Gasteiger partial charge is 0.488 e. The van der Waals surface area contributed by atoms with Crippen LogP contribution >= 0.6 is 27.7 Å². The summed E-state index contributed by atoms with van der Waals surface area (Å²) in [6.07, 6.45) is 1.79. The Balaban J connectivity index is 1.49. The van der Waals surface area contributed by atoms with Crippen molar-refractivity contribution in [2.75, 3.05) is 0 Å². The quantitative estimate of drug-likeness (QED) is 0.244. The maximum Gasteiger partial charge on any atom is 0.293 e. The summed E-state index contributed by atoms with van der Waals surface area (Å²) in [5, 5.41) is 1.72. The molecule has 1 saturated heterocycles. The van der Waals surface area contributed by atoms with Gasteiger partial charge < -0.3 is 4.74 Å². The summed E-state index contributed by atoms with van der Waals surface area (Å²) in [4.78, 5) is 27.6. The highest BCUT2D eigenvalue weighted by atomic mass is 79.9. The lowest BCUT2D eigenvalue weighted by Gasteiger charge is -2.14. The summed E-state index contributed by atoms with van der Waals surface area (Å²) in [5.41, 5.74) is 2.72. The Morgan fingerprint density at radius 3 is 2.41 bits per heavy atom. The molecular weight excluding hydrogens is 510 g/mol. The minimum absolute atomic E-state index is 0.219. The van der Waals surface area contributed by atoms with Gasteiger partial charge in [0, 0.05) is 10.0 Å². The molecule has 1 fully saturated rings. The Morgan fingerprint density at radius 1 is 0.853 bits per heavy atom. The highest BCUT2D eigenvalue weighted by molar-refractivity contribution is 9.10. The number of carbonyl (C=O) groups excluding carboxylic acids is 2. The molecule has 0 unspecified atom stereocenters. The van der Waals surface area contributed by atoms with E-state index in [9.17, 15) is 9.59 Å². The maximum atomic E-state index is 13.2. The molecule has 1 heterocycles. The van der Waals surface area contributed by atoms with Crippen LogP contribution in [-0.2, 0) is 17.9 Å². The first-order chi connectivity index (χ1) is 16.6. The van der Waals surface area contributed by atoms with Crippen molar-refractivity contribution >= 4 is 55.7 Å². The summed E-state index contributed by atoms with van der Waals surface area (Å²) in [6.45, 7) is 0.625. The van der Waals surface area contributed by atoms with E-state index in [2.05, 4.69) is 15.9 Å². The molecule has 1 aliphatic heterocycles. The number of ether oxygens (including phenoxy) is 1. The van der Waals surface area contributed by atoms with Gasteiger partial charge in [-0.15, -0.1) is 0 Å². The minimum atomic E-state index is -0.298. The molecule has 4 nitrogen and oxygen atoms in total. The van der Waals surface area contributed by atoms with E-state index < -0.39 is 0 Å². The topological polar surface area (TPSA) is 46.6 Å². The smallest absolute Gasteiger partial charge is 0.293 e. The molecule has 0 aromatic heterocycles. The molecule has 5 rings (SSSR count). The molecule has 0 N–H and O–H groups in total. The van der Waals surface area contributed by atoms with E-state index in [-0.39, 0.29) is 17.7 Å². The van der Waals surface area contributed by atoms with Gasteiger partial charge in [-0.25, -0.2) is 0 Å². The number of rotatable bonds is 6. The van der Waals surface area contributed by atoms with Crippen molar-refractivity contribution in [3.63, 3.8) is 0 Å². The second-order valence-electron chi connectivity index (χ2n) is 7.83. The fourth-order valence-electron chi connectivity index (χ4n) is 3.85. The zero-order valence-corrected chi connectivity index (χ0v) is 20.5. The van der Waals surface area contributed by atoms with Gasteiger partial charge in [0.25, 0.3) is 11.1 Å². The maximum absolute atomic E-state index is 13.2. The summed E-state index contributed by atoms with van der Waals surface area (Å²) in [6, 6.07) is 29.4. The summed E-state index contributed by atoms with van der Waals surface area (Å²) in [7, 11) is 0. The Bertz CT molecular complexity index is 1420. The first kappa shape index (κ1) is 22.4. The van der Waals surface area contributed by atoms with Crippen LogP contribution in [0.1, 0.15) is 16.7 Å². The van der Waals surface area contributed by atoms with E-state index in [1.54, 1.807) is 6.08 Å². The van der Waals surface area contributed by atoms with Crippen molar-refractivity contribution in [3.05, 3.63) is 117 Å². The second kappa shape index (κ2) is 9.87. The van der Waals surface area contributed by atoms with Gasteiger partial charge in [0.1, 0.15) is 12.4 Å². The third-order valence-electron chi connectivity index (χ3n) is 5.60. The lowest BCUT2D eigenvalue weighted by molar-refractivity contribution is -0.123. The van der Waals surface area contributed by atoms with E-state index >= 15 is 0 Å². The molecule has 1 aliphatic rings. The van der Waals surface area contributed by atoms with Crippen LogP contribution in [0.15, 0.2) is 100 Å². The van der Waals surface area contributed by atoms with Crippen LogP contribution in [0.3, 0.4) is 0 Å². The van der Waals surface area contributed by atoms with E-state index in [4.69, 9.17) is 4.74 Å². The third-order valence-corrected chi connectivity index (χ3v) is 7.28. The average Bonchev–Trinajstić information content (AvgIpc) is 3.13. The number of thioether (sulfide) groups is 1. The molecular formula is C28H20BrNO3S. The lowest BCUT2D eigenvalue weighted by atomic mass is 10.0. The predicted octanol–water partition coefficient (Wildman–Crippen LogP) is 7.42. The molecule has 0 atom stereocenters. The van der Waals surface area contributed by atoms with Gasteiger partial charge in [-0.05, 0) is 51.9 Å². The molecule has 0 saturated carbocycles. The van der Waals surface area contributed by atoms with Crippen LogP contribution in [0.25, 0.3) is 16.8 Å². The Kier molecular flexibility index (Phi) is 6.52. The van der Waals surface area contributed by atoms with Crippen LogP contribution in [0.2, 0.25) is 0 Å². The normalized spacial score (nSPS) is 14.9. The molecule has 168 valence electrons. The summed E-state index contributed by atoms with van der Waals surface area (Å²) in [5.74, 6) is 0.368. The number of benzene rings is 4. The SMILES string of the molecule is O=C1S/C(=C\c2c(OCc3ccccc3)ccc3ccccc23)C(=O)N1Cc1ccccc1Br. The van der Waals surface area contributed by atoms with Crippen molar-refractivity contribution in [2.24, 2.45) is 0 Å². The number of imide groups is 1. The average molecular weight is 530 g/mol. The highest BCUT2D eigenvalue weighted by Gasteiger charge is 2.35. The molecule has 2 amide bonds. The molecule has 4 aromatic carbocycles. The number of carbonyl (C=O) groups is 2. The Hall–Kier alpha value is -3.35. The number of hydrogen-bond acceptors (Lipinski definition) is 4. The monoisotopic (exact) mass is 529 g/mol. The van der Waals surface area contributed by atoms with E-state index in [1.165, 1.54) is 4.90 Å². The Labute approximate surface area is 210 Å². The van der Waals surface area contributed by atoms with Gasteiger partial charge in [0.2, 0.25) is 0 Å². The van der Waals surface area contributed by atoms with Crippen molar-refractivity contribution < 1.29 is 14.3 Å². The molecule has 0 radical (unpaired) electrons. The molecule has 0 bridgehead atoms. The summed E-state index contributed by atoms with van der Waals surface area (Å²) < 4.78 is 7.04. The van der Waals surface area contributed by atoms with Gasteiger partial charge in [-0.3, -0.25) is 14.5 Å². The number of nitrogens with zero attached hydrogens (tertiary/aromatic N) is 1. The zero-order chi connectivity index (χ0) is 23.5. The van der Waals surface area contributed by atoms with Crippen LogP contribution in [0, 0.1) is 0 Å². The Morgan fingerprint density at radius 2 is 1.59 bits per heavy atom. The van der Waals surface area contributed by atoms with Crippen molar-refractivity contribution in [1.82, 2.24) is 4.90 Å². The number of fused-ring (bicyclic) bond motifs is 1. The van der Waals surface area contributed by atoms with E-state index in [0.29, 0.717) is 17.3 Å². The highest BCUT2D eigenvalue weighted by Crippen LogP contribution is 2.38. The van der Waals surface area contributed by atoms with Crippen LogP contribution in [0.5, 0.6) is 5.75 Å². The molecule has 4 aromatic rings. The second-order valence-corrected chi connectivity index (χ2v) is 9.68. The fraction of sp³-hybridized carbons (Fsp3) is 0.0714. The summed E-state index contributed by atoms with van der Waals surface area (Å²) >= 11 is 4.46. The van der Waals surface area contributed by atoms with E-state index in [1.807, 2.05) is 91.0 Å². The van der Waals surface area contributed by atoms with Gasteiger partial charge in [-0.1, -0.05) is 94.8 Å². The van der Waals surface area contributed by atoms with Crippen molar-refractivity contribution in [1.29, 1.82) is 0 Å². The number of halogens is 1. The zero-order valence-electron chi connectivity index (χ0n) is 18.1. The third kappa shape index (κ3) is 4.65. The van der Waals surface area contributed by atoms with Crippen LogP contribution < -0.4 is 4.74 Å². The molecule has 0 spiro atoms. The fourth-order valence-corrected chi connectivity index (χ4v) is 5.08. The van der Waals surface area contributed by atoms with Gasteiger partial charge in [-0.2, -0.15) is 0 Å². The molecule has 34 heavy (non-hydrogen) atoms. The van der Waals surface area contributed by atoms with Gasteiger partial charge in [0.15, 0.2) is 0 Å². The first-order valence-electron chi connectivity index (χ1n) is 10.8. The van der Waals surface area contributed by atoms with Gasteiger partial charge in [0.05, 0.1) is 11.4 Å². The predicted molar refractivity (Wildman–Crippen MR) is 140 cm³/mol. The molecule has 0 aliphatic carbocycles. The number of hydrogen-bond donors (Lipinski definition) is 0. The van der Waals surface area contributed by atoms with Crippen LogP contribution in [0.4, 0.5) is 4.79 Å². The van der Waals surface area contributed by atoms with Gasteiger partial charge >= 0.3 is 0 Å². The minimum Gasteiger partial charge on any atom is -0.488 e. The lowest BCUT2D eigenvalue weighted by Crippen LogP contribution is -2.27. The van der Waals surface area contributed by atoms with Crippen LogP contribution in [-0.4, -0.2) is 16.0 Å². The van der Waals surface area contributed by atoms with E-state index in [0.717, 1.165) is 43.7 Å².